The van der Waals surface area contributed by atoms with Gasteiger partial charge in [0.25, 0.3) is 0 Å². The van der Waals surface area contributed by atoms with Crippen molar-refractivity contribution in [3.05, 3.63) is 53.6 Å². The third kappa shape index (κ3) is 2.69. The lowest BCUT2D eigenvalue weighted by molar-refractivity contribution is 0.00578. The highest BCUT2D eigenvalue weighted by molar-refractivity contribution is 6.63. The van der Waals surface area contributed by atoms with Crippen LogP contribution in [-0.2, 0) is 9.31 Å². The topological polar surface area (TPSA) is 18.5 Å². The van der Waals surface area contributed by atoms with Crippen LogP contribution in [0.1, 0.15) is 27.7 Å². The Balaban J connectivity index is 2.01. The summed E-state index contributed by atoms with van der Waals surface area (Å²) in [4.78, 5) is 0. The van der Waals surface area contributed by atoms with Crippen molar-refractivity contribution in [2.75, 3.05) is 0 Å². The monoisotopic (exact) mass is 314 g/mol. The molecule has 1 saturated heterocycles. The molecule has 114 valence electrons. The molecule has 0 radical (unpaired) electrons. The molecule has 4 heteroatoms. The van der Waals surface area contributed by atoms with Crippen LogP contribution >= 0.6 is 11.6 Å². The number of rotatable bonds is 2. The molecule has 0 saturated carbocycles. The highest BCUT2D eigenvalue weighted by Gasteiger charge is 2.52. The zero-order valence-corrected chi connectivity index (χ0v) is 14.1. The van der Waals surface area contributed by atoms with Gasteiger partial charge in [0.2, 0.25) is 0 Å². The summed E-state index contributed by atoms with van der Waals surface area (Å²) < 4.78 is 12.4. The fraction of sp³-hybridized carbons (Fsp3) is 0.333. The largest absolute Gasteiger partial charge is 0.495 e. The minimum atomic E-state index is -0.364. The molecule has 0 spiro atoms. The maximum atomic E-state index is 6.19. The molecule has 1 fully saturated rings. The Labute approximate surface area is 137 Å². The lowest BCUT2D eigenvalue weighted by atomic mass is 9.74. The van der Waals surface area contributed by atoms with E-state index in [0.29, 0.717) is 0 Å². The van der Waals surface area contributed by atoms with Crippen molar-refractivity contribution >= 4 is 24.2 Å². The summed E-state index contributed by atoms with van der Waals surface area (Å²) in [5.74, 6) is 0. The van der Waals surface area contributed by atoms with Crippen molar-refractivity contribution in [2.45, 2.75) is 38.9 Å². The Morgan fingerprint density at radius 1 is 0.818 bits per heavy atom. The van der Waals surface area contributed by atoms with E-state index in [-0.39, 0.29) is 18.3 Å². The van der Waals surface area contributed by atoms with E-state index in [4.69, 9.17) is 20.9 Å². The first-order valence-electron chi connectivity index (χ1n) is 7.51. The van der Waals surface area contributed by atoms with E-state index in [2.05, 4.69) is 39.8 Å². The van der Waals surface area contributed by atoms with E-state index in [1.807, 2.05) is 36.4 Å². The number of hydrogen-bond acceptors (Lipinski definition) is 2. The average Bonchev–Trinajstić information content (AvgIpc) is 2.68. The van der Waals surface area contributed by atoms with Crippen LogP contribution in [0.5, 0.6) is 0 Å². The highest BCUT2D eigenvalue weighted by Crippen LogP contribution is 2.37. The maximum Gasteiger partial charge on any atom is 0.495 e. The molecule has 22 heavy (non-hydrogen) atoms. The van der Waals surface area contributed by atoms with Crippen LogP contribution in [0, 0.1) is 0 Å². The van der Waals surface area contributed by atoms with Crippen LogP contribution < -0.4 is 5.46 Å². The summed E-state index contributed by atoms with van der Waals surface area (Å²) >= 11 is 5.99. The quantitative estimate of drug-likeness (QED) is 0.769. The van der Waals surface area contributed by atoms with Gasteiger partial charge in [0.1, 0.15) is 0 Å². The molecule has 0 aliphatic carbocycles. The summed E-state index contributed by atoms with van der Waals surface area (Å²) in [5, 5.41) is 0.733. The molecule has 1 aliphatic rings. The van der Waals surface area contributed by atoms with Crippen molar-refractivity contribution in [3.8, 4) is 11.1 Å². The van der Waals surface area contributed by atoms with Gasteiger partial charge in [-0.05, 0) is 56.4 Å². The van der Waals surface area contributed by atoms with Crippen LogP contribution in [0.15, 0.2) is 48.5 Å². The Hall–Kier alpha value is -1.29. The molecule has 0 bridgehead atoms. The molecule has 0 unspecified atom stereocenters. The molecular formula is C18H20BClO2. The van der Waals surface area contributed by atoms with Gasteiger partial charge in [-0.1, -0.05) is 48.0 Å². The van der Waals surface area contributed by atoms with E-state index < -0.39 is 0 Å². The minimum Gasteiger partial charge on any atom is -0.399 e. The van der Waals surface area contributed by atoms with Gasteiger partial charge in [-0.3, -0.25) is 0 Å². The molecule has 0 aromatic heterocycles. The first-order valence-corrected chi connectivity index (χ1v) is 7.88. The smallest absolute Gasteiger partial charge is 0.399 e. The SMILES string of the molecule is CC1(C)OB(c2ccccc2-c2ccc(Cl)cc2)OC1(C)C. The molecule has 2 aromatic rings. The minimum absolute atomic E-state index is 0.342. The summed E-state index contributed by atoms with van der Waals surface area (Å²) in [6.07, 6.45) is 0. The molecule has 0 amide bonds. The third-order valence-electron chi connectivity index (χ3n) is 4.62. The number of benzene rings is 2. The van der Waals surface area contributed by atoms with Crippen LogP contribution in [0.3, 0.4) is 0 Å². The van der Waals surface area contributed by atoms with Gasteiger partial charge in [-0.2, -0.15) is 0 Å². The summed E-state index contributed by atoms with van der Waals surface area (Å²) in [6, 6.07) is 16.0. The van der Waals surface area contributed by atoms with Gasteiger partial charge >= 0.3 is 7.12 Å². The molecule has 1 heterocycles. The predicted molar refractivity (Wildman–Crippen MR) is 92.6 cm³/mol. The Morgan fingerprint density at radius 3 is 1.95 bits per heavy atom. The van der Waals surface area contributed by atoms with Crippen LogP contribution in [0.25, 0.3) is 11.1 Å². The number of hydrogen-bond donors (Lipinski definition) is 0. The molecule has 0 N–H and O–H groups in total. The summed E-state index contributed by atoms with van der Waals surface area (Å²) in [6.45, 7) is 8.27. The van der Waals surface area contributed by atoms with Crippen LogP contribution in [0.4, 0.5) is 0 Å². The number of halogens is 1. The molecular weight excluding hydrogens is 294 g/mol. The third-order valence-corrected chi connectivity index (χ3v) is 4.88. The predicted octanol–water partition coefficient (Wildman–Crippen LogP) is 4.31. The normalized spacial score (nSPS) is 19.4. The Kier molecular flexibility index (Phi) is 3.84. The average molecular weight is 315 g/mol. The molecule has 1 aliphatic heterocycles. The van der Waals surface area contributed by atoms with Crippen molar-refractivity contribution in [1.82, 2.24) is 0 Å². The van der Waals surface area contributed by atoms with Crippen molar-refractivity contribution in [2.24, 2.45) is 0 Å². The van der Waals surface area contributed by atoms with E-state index in [9.17, 15) is 0 Å². The van der Waals surface area contributed by atoms with E-state index in [1.54, 1.807) is 0 Å². The Bertz CT molecular complexity index is 664. The highest BCUT2D eigenvalue weighted by atomic mass is 35.5. The van der Waals surface area contributed by atoms with Crippen molar-refractivity contribution in [3.63, 3.8) is 0 Å². The van der Waals surface area contributed by atoms with Gasteiger partial charge in [0, 0.05) is 5.02 Å². The lowest BCUT2D eigenvalue weighted by Crippen LogP contribution is -2.41. The van der Waals surface area contributed by atoms with Gasteiger partial charge in [0.15, 0.2) is 0 Å². The second-order valence-corrected chi connectivity index (χ2v) is 7.12. The van der Waals surface area contributed by atoms with E-state index >= 15 is 0 Å². The zero-order valence-electron chi connectivity index (χ0n) is 13.4. The molecule has 3 rings (SSSR count). The van der Waals surface area contributed by atoms with Crippen molar-refractivity contribution in [1.29, 1.82) is 0 Å². The zero-order chi connectivity index (χ0) is 16.0. The molecule has 2 nitrogen and oxygen atoms in total. The lowest BCUT2D eigenvalue weighted by Gasteiger charge is -2.32. The van der Waals surface area contributed by atoms with Crippen LogP contribution in [-0.4, -0.2) is 18.3 Å². The first kappa shape index (κ1) is 15.6. The summed E-state index contributed by atoms with van der Waals surface area (Å²) in [7, 11) is -0.364. The molecule has 0 atom stereocenters. The standard InChI is InChI=1S/C18H20BClO2/c1-17(2)18(3,4)22-19(21-17)16-8-6-5-7-15(16)13-9-11-14(20)12-10-13/h5-12H,1-4H3. The Morgan fingerprint density at radius 2 is 1.36 bits per heavy atom. The first-order chi connectivity index (χ1) is 10.3. The fourth-order valence-electron chi connectivity index (χ4n) is 2.56. The summed E-state index contributed by atoms with van der Waals surface area (Å²) in [5.41, 5.74) is 2.58. The van der Waals surface area contributed by atoms with Crippen LogP contribution in [0.2, 0.25) is 5.02 Å². The van der Waals surface area contributed by atoms with E-state index in [0.717, 1.165) is 21.6 Å². The second kappa shape index (κ2) is 5.41. The second-order valence-electron chi connectivity index (χ2n) is 6.68. The molecule has 2 aromatic carbocycles. The van der Waals surface area contributed by atoms with Crippen molar-refractivity contribution < 1.29 is 9.31 Å². The maximum absolute atomic E-state index is 6.19. The van der Waals surface area contributed by atoms with Gasteiger partial charge < -0.3 is 9.31 Å². The van der Waals surface area contributed by atoms with Gasteiger partial charge in [-0.15, -0.1) is 0 Å². The van der Waals surface area contributed by atoms with Gasteiger partial charge in [-0.25, -0.2) is 0 Å². The van der Waals surface area contributed by atoms with Gasteiger partial charge in [0.05, 0.1) is 11.2 Å². The van der Waals surface area contributed by atoms with E-state index in [1.165, 1.54) is 0 Å². The fourth-order valence-corrected chi connectivity index (χ4v) is 2.69.